The monoisotopic (exact) mass is 252 g/mol. The number of nitrogens with two attached hydrogens (primary N) is 1. The van der Waals surface area contributed by atoms with Gasteiger partial charge in [-0.1, -0.05) is 12.1 Å². The Bertz CT molecular complexity index is 771. The molecule has 2 N–H and O–H groups in total. The summed E-state index contributed by atoms with van der Waals surface area (Å²) in [6.07, 6.45) is 1.78. The zero-order chi connectivity index (χ0) is 13.6. The topological polar surface area (TPSA) is 56.7 Å². The van der Waals surface area contributed by atoms with Crippen molar-refractivity contribution in [3.05, 3.63) is 47.4 Å². The third-order valence-electron chi connectivity index (χ3n) is 3.66. The number of fused-ring (bicyclic) bond motifs is 1. The minimum atomic E-state index is 0.692. The average molecular weight is 252 g/mol. The van der Waals surface area contributed by atoms with Gasteiger partial charge >= 0.3 is 0 Å². The van der Waals surface area contributed by atoms with Crippen molar-refractivity contribution < 1.29 is 0 Å². The van der Waals surface area contributed by atoms with Crippen LogP contribution in [0.2, 0.25) is 0 Å². The van der Waals surface area contributed by atoms with Crippen molar-refractivity contribution in [1.82, 2.24) is 14.8 Å². The normalized spacial score (nSPS) is 11.1. The van der Waals surface area contributed by atoms with Gasteiger partial charge in [0, 0.05) is 17.3 Å². The molecule has 0 aliphatic rings. The molecule has 2 heterocycles. The van der Waals surface area contributed by atoms with Gasteiger partial charge in [0.05, 0.1) is 22.6 Å². The van der Waals surface area contributed by atoms with Crippen LogP contribution >= 0.6 is 0 Å². The molecule has 0 atom stereocenters. The molecule has 0 radical (unpaired) electrons. The summed E-state index contributed by atoms with van der Waals surface area (Å²) >= 11 is 0. The summed E-state index contributed by atoms with van der Waals surface area (Å²) in [5, 5.41) is 5.63. The fraction of sp³-hybridized carbons (Fsp3) is 0.200. The van der Waals surface area contributed by atoms with Crippen LogP contribution in [0, 0.1) is 20.8 Å². The molecule has 96 valence electrons. The van der Waals surface area contributed by atoms with Crippen molar-refractivity contribution in [2.45, 2.75) is 20.8 Å². The summed E-state index contributed by atoms with van der Waals surface area (Å²) in [4.78, 5) is 4.36. The van der Waals surface area contributed by atoms with Gasteiger partial charge in [0.15, 0.2) is 0 Å². The molecule has 3 aromatic rings. The van der Waals surface area contributed by atoms with Crippen LogP contribution in [0.1, 0.15) is 17.0 Å². The largest absolute Gasteiger partial charge is 0.397 e. The number of aryl methyl sites for hydroxylation is 1. The molecule has 0 spiro atoms. The van der Waals surface area contributed by atoms with E-state index in [0.29, 0.717) is 5.69 Å². The van der Waals surface area contributed by atoms with Crippen LogP contribution in [0.4, 0.5) is 5.69 Å². The predicted octanol–water partition coefficient (Wildman–Crippen LogP) is 2.93. The first-order valence-corrected chi connectivity index (χ1v) is 6.26. The van der Waals surface area contributed by atoms with Crippen LogP contribution in [0.15, 0.2) is 30.5 Å². The molecule has 0 aliphatic heterocycles. The maximum Gasteiger partial charge on any atom is 0.0952 e. The highest BCUT2D eigenvalue weighted by Gasteiger charge is 2.12. The van der Waals surface area contributed by atoms with E-state index >= 15 is 0 Å². The number of nitrogen functional groups attached to an aromatic ring is 1. The van der Waals surface area contributed by atoms with Crippen LogP contribution in [-0.2, 0) is 0 Å². The molecule has 2 aromatic heterocycles. The first kappa shape index (κ1) is 11.7. The van der Waals surface area contributed by atoms with Crippen molar-refractivity contribution in [2.75, 3.05) is 5.73 Å². The molecule has 0 unspecified atom stereocenters. The average Bonchev–Trinajstić information content (AvgIpc) is 2.66. The number of benzene rings is 1. The molecule has 19 heavy (non-hydrogen) atoms. The van der Waals surface area contributed by atoms with Crippen molar-refractivity contribution in [2.24, 2.45) is 0 Å². The highest BCUT2D eigenvalue weighted by atomic mass is 15.3. The summed E-state index contributed by atoms with van der Waals surface area (Å²) in [7, 11) is 0. The van der Waals surface area contributed by atoms with Crippen LogP contribution in [0.3, 0.4) is 0 Å². The number of aromatic nitrogens is 3. The van der Waals surface area contributed by atoms with E-state index in [-0.39, 0.29) is 0 Å². The van der Waals surface area contributed by atoms with Crippen LogP contribution in [0.5, 0.6) is 0 Å². The van der Waals surface area contributed by atoms with Crippen molar-refractivity contribution >= 4 is 16.6 Å². The highest BCUT2D eigenvalue weighted by Crippen LogP contribution is 2.26. The summed E-state index contributed by atoms with van der Waals surface area (Å²) in [5.41, 5.74) is 11.9. The lowest BCUT2D eigenvalue weighted by atomic mass is 10.1. The summed E-state index contributed by atoms with van der Waals surface area (Å²) in [6.45, 7) is 6.19. The SMILES string of the molecule is Cc1nn(-c2ccnc3c(N)cccc23)c(C)c1C. The second-order valence-corrected chi connectivity index (χ2v) is 4.78. The van der Waals surface area contributed by atoms with Crippen LogP contribution < -0.4 is 5.73 Å². The standard InChI is InChI=1S/C15H16N4/c1-9-10(2)18-19(11(9)3)14-7-8-17-15-12(14)5-4-6-13(15)16/h4-8H,16H2,1-3H3. The first-order valence-electron chi connectivity index (χ1n) is 6.26. The molecule has 1 aromatic carbocycles. The maximum atomic E-state index is 5.98. The summed E-state index contributed by atoms with van der Waals surface area (Å²) < 4.78 is 1.97. The number of hydrogen-bond donors (Lipinski definition) is 1. The molecule has 0 fully saturated rings. The van der Waals surface area contributed by atoms with Gasteiger partial charge in [0.25, 0.3) is 0 Å². The Labute approximate surface area is 111 Å². The van der Waals surface area contributed by atoms with Gasteiger partial charge in [-0.2, -0.15) is 5.10 Å². The van der Waals surface area contributed by atoms with Crippen LogP contribution in [-0.4, -0.2) is 14.8 Å². The zero-order valence-electron chi connectivity index (χ0n) is 11.3. The summed E-state index contributed by atoms with van der Waals surface area (Å²) in [6, 6.07) is 7.81. The molecule has 0 saturated heterocycles. The Morgan fingerprint density at radius 2 is 1.89 bits per heavy atom. The fourth-order valence-electron chi connectivity index (χ4n) is 2.32. The summed E-state index contributed by atoms with van der Waals surface area (Å²) in [5.74, 6) is 0. The van der Waals surface area contributed by atoms with Crippen molar-refractivity contribution in [3.8, 4) is 5.69 Å². The minimum Gasteiger partial charge on any atom is -0.397 e. The van der Waals surface area contributed by atoms with E-state index in [2.05, 4.69) is 23.9 Å². The third kappa shape index (κ3) is 1.68. The Morgan fingerprint density at radius 1 is 1.11 bits per heavy atom. The number of pyridine rings is 1. The predicted molar refractivity (Wildman–Crippen MR) is 77.5 cm³/mol. The van der Waals surface area contributed by atoms with Gasteiger partial charge in [0.2, 0.25) is 0 Å². The van der Waals surface area contributed by atoms with Gasteiger partial charge in [0.1, 0.15) is 0 Å². The van der Waals surface area contributed by atoms with E-state index in [1.807, 2.05) is 35.9 Å². The smallest absolute Gasteiger partial charge is 0.0952 e. The van der Waals surface area contributed by atoms with E-state index in [1.54, 1.807) is 6.20 Å². The van der Waals surface area contributed by atoms with Crippen molar-refractivity contribution in [3.63, 3.8) is 0 Å². The van der Waals surface area contributed by atoms with E-state index in [4.69, 9.17) is 5.73 Å². The van der Waals surface area contributed by atoms with Crippen molar-refractivity contribution in [1.29, 1.82) is 0 Å². The quantitative estimate of drug-likeness (QED) is 0.677. The Morgan fingerprint density at radius 3 is 2.58 bits per heavy atom. The van der Waals surface area contributed by atoms with E-state index in [1.165, 1.54) is 5.56 Å². The van der Waals surface area contributed by atoms with E-state index in [0.717, 1.165) is 28.0 Å². The Kier molecular flexibility index (Phi) is 2.52. The van der Waals surface area contributed by atoms with Gasteiger partial charge in [-0.25, -0.2) is 4.68 Å². The maximum absolute atomic E-state index is 5.98. The molecule has 4 nitrogen and oxygen atoms in total. The number of rotatable bonds is 1. The van der Waals surface area contributed by atoms with Gasteiger partial charge in [-0.3, -0.25) is 4.98 Å². The molecule has 3 rings (SSSR count). The molecule has 0 bridgehead atoms. The molecule has 0 saturated carbocycles. The highest BCUT2D eigenvalue weighted by molar-refractivity contribution is 5.94. The fourth-order valence-corrected chi connectivity index (χ4v) is 2.32. The number of hydrogen-bond acceptors (Lipinski definition) is 3. The third-order valence-corrected chi connectivity index (χ3v) is 3.66. The molecule has 0 amide bonds. The number of anilines is 1. The lowest BCUT2D eigenvalue weighted by Gasteiger charge is -2.09. The lowest BCUT2D eigenvalue weighted by molar-refractivity contribution is 0.838. The minimum absolute atomic E-state index is 0.692. The van der Waals surface area contributed by atoms with Gasteiger partial charge < -0.3 is 5.73 Å². The number of nitrogens with zero attached hydrogens (tertiary/aromatic N) is 3. The van der Waals surface area contributed by atoms with E-state index in [9.17, 15) is 0 Å². The Balaban J connectivity index is 2.37. The second-order valence-electron chi connectivity index (χ2n) is 4.78. The van der Waals surface area contributed by atoms with Crippen LogP contribution in [0.25, 0.3) is 16.6 Å². The zero-order valence-corrected chi connectivity index (χ0v) is 11.3. The number of para-hydroxylation sites is 1. The lowest BCUT2D eigenvalue weighted by Crippen LogP contribution is -2.01. The Hall–Kier alpha value is -2.36. The van der Waals surface area contributed by atoms with Gasteiger partial charge in [-0.15, -0.1) is 0 Å². The molecule has 4 heteroatoms. The first-order chi connectivity index (χ1) is 9.09. The van der Waals surface area contributed by atoms with Gasteiger partial charge in [-0.05, 0) is 38.5 Å². The molecular formula is C15H16N4. The van der Waals surface area contributed by atoms with E-state index < -0.39 is 0 Å². The molecule has 0 aliphatic carbocycles. The molecular weight excluding hydrogens is 236 g/mol. The second kappa shape index (κ2) is 4.09.